The molecule has 19 heavy (non-hydrogen) atoms. The molecule has 0 aliphatic carbocycles. The molecule has 92 valence electrons. The van der Waals surface area contributed by atoms with Gasteiger partial charge in [-0.05, 0) is 12.1 Å². The fraction of sp³-hybridized carbons (Fsp3) is 0. The number of hydrogen-bond acceptors (Lipinski definition) is 4. The maximum Gasteiger partial charge on any atom is 0.234 e. The topological polar surface area (TPSA) is 67.4 Å². The maximum atomic E-state index is 13.7. The van der Waals surface area contributed by atoms with Crippen LogP contribution in [0.3, 0.4) is 0 Å². The third-order valence-corrected chi connectivity index (χ3v) is 2.56. The van der Waals surface area contributed by atoms with E-state index in [0.717, 1.165) is 16.8 Å². The number of nitrogens with zero attached hydrogens (tertiary/aromatic N) is 5. The molecule has 0 fully saturated rings. The van der Waals surface area contributed by atoms with E-state index in [1.165, 1.54) is 18.5 Å². The molecule has 1 aromatic carbocycles. The van der Waals surface area contributed by atoms with Gasteiger partial charge in [0.25, 0.3) is 0 Å². The first-order chi connectivity index (χ1) is 9.20. The van der Waals surface area contributed by atoms with Crippen LogP contribution in [0.15, 0.2) is 30.6 Å². The van der Waals surface area contributed by atoms with E-state index in [9.17, 15) is 8.78 Å². The normalized spacial score (nSPS) is 10.6. The Kier molecular flexibility index (Phi) is 2.42. The van der Waals surface area contributed by atoms with Crippen LogP contribution in [-0.2, 0) is 0 Å². The minimum absolute atomic E-state index is 0.0917. The van der Waals surface area contributed by atoms with Crippen LogP contribution in [0.2, 0.25) is 0 Å². The summed E-state index contributed by atoms with van der Waals surface area (Å²) in [5.74, 6) is -1.62. The van der Waals surface area contributed by atoms with E-state index >= 15 is 0 Å². The van der Waals surface area contributed by atoms with E-state index in [4.69, 9.17) is 5.26 Å². The average Bonchev–Trinajstić information content (AvgIpc) is 2.81. The lowest BCUT2D eigenvalue weighted by Gasteiger charge is -2.05. The van der Waals surface area contributed by atoms with Crippen LogP contribution in [-0.4, -0.2) is 19.7 Å². The van der Waals surface area contributed by atoms with Gasteiger partial charge in [0.15, 0.2) is 17.3 Å². The number of halogens is 2. The van der Waals surface area contributed by atoms with Gasteiger partial charge in [-0.25, -0.2) is 18.4 Å². The summed E-state index contributed by atoms with van der Waals surface area (Å²) < 4.78 is 28.4. The summed E-state index contributed by atoms with van der Waals surface area (Å²) in [6.07, 6.45) is 2.76. The minimum Gasteiger partial charge on any atom is -0.227 e. The van der Waals surface area contributed by atoms with Gasteiger partial charge < -0.3 is 0 Å². The van der Waals surface area contributed by atoms with E-state index < -0.39 is 11.6 Å². The number of nitriles is 1. The molecule has 0 aliphatic rings. The SMILES string of the molecule is N#Cc1ncc2cnn(-c3c(F)cccc3F)c2n1. The number of fused-ring (bicyclic) bond motifs is 1. The Balaban J connectivity index is 2.34. The van der Waals surface area contributed by atoms with Crippen molar-refractivity contribution < 1.29 is 8.78 Å². The lowest BCUT2D eigenvalue weighted by atomic mass is 10.3. The predicted octanol–water partition coefficient (Wildman–Crippen LogP) is 1.97. The van der Waals surface area contributed by atoms with E-state index in [2.05, 4.69) is 15.1 Å². The van der Waals surface area contributed by atoms with Crippen molar-refractivity contribution in [2.45, 2.75) is 0 Å². The van der Waals surface area contributed by atoms with Gasteiger partial charge in [-0.1, -0.05) is 6.07 Å². The van der Waals surface area contributed by atoms with Gasteiger partial charge >= 0.3 is 0 Å². The predicted molar refractivity (Wildman–Crippen MR) is 61.3 cm³/mol. The second-order valence-electron chi connectivity index (χ2n) is 3.71. The average molecular weight is 257 g/mol. The number of para-hydroxylation sites is 1. The quantitative estimate of drug-likeness (QED) is 0.668. The summed E-state index contributed by atoms with van der Waals surface area (Å²) in [7, 11) is 0. The zero-order valence-corrected chi connectivity index (χ0v) is 9.38. The third kappa shape index (κ3) is 1.70. The molecular formula is C12H5F2N5. The zero-order chi connectivity index (χ0) is 13.4. The van der Waals surface area contributed by atoms with E-state index in [-0.39, 0.29) is 17.2 Å². The summed E-state index contributed by atoms with van der Waals surface area (Å²) >= 11 is 0. The summed E-state index contributed by atoms with van der Waals surface area (Å²) in [5.41, 5.74) is -0.157. The second-order valence-corrected chi connectivity index (χ2v) is 3.71. The molecule has 0 spiro atoms. The molecule has 0 N–H and O–H groups in total. The highest BCUT2D eigenvalue weighted by atomic mass is 19.1. The highest BCUT2D eigenvalue weighted by Crippen LogP contribution is 2.21. The van der Waals surface area contributed by atoms with Crippen LogP contribution < -0.4 is 0 Å². The van der Waals surface area contributed by atoms with Crippen LogP contribution in [0.1, 0.15) is 5.82 Å². The van der Waals surface area contributed by atoms with Gasteiger partial charge in [-0.15, -0.1) is 0 Å². The number of benzene rings is 1. The van der Waals surface area contributed by atoms with E-state index in [0.29, 0.717) is 5.39 Å². The van der Waals surface area contributed by atoms with Gasteiger partial charge in [0.1, 0.15) is 11.8 Å². The molecule has 3 rings (SSSR count). The number of hydrogen-bond donors (Lipinski definition) is 0. The molecule has 0 saturated heterocycles. The lowest BCUT2D eigenvalue weighted by Crippen LogP contribution is -2.04. The minimum atomic E-state index is -0.762. The molecule has 2 aromatic heterocycles. The standard InChI is InChI=1S/C12H5F2N5/c13-8-2-1-3-9(14)11(8)19-12-7(6-17-19)5-16-10(4-15)18-12/h1-3,5-6H. The van der Waals surface area contributed by atoms with Gasteiger partial charge in [0.05, 0.1) is 11.6 Å². The Hall–Kier alpha value is -2.88. The molecule has 0 saturated carbocycles. The fourth-order valence-electron chi connectivity index (χ4n) is 1.73. The molecule has 0 aliphatic heterocycles. The van der Waals surface area contributed by atoms with Gasteiger partial charge in [-0.2, -0.15) is 15.3 Å². The van der Waals surface area contributed by atoms with E-state index in [1.807, 2.05) is 0 Å². The Morgan fingerprint density at radius 2 is 1.89 bits per heavy atom. The van der Waals surface area contributed by atoms with Crippen molar-refractivity contribution >= 4 is 11.0 Å². The van der Waals surface area contributed by atoms with Crippen molar-refractivity contribution in [1.82, 2.24) is 19.7 Å². The largest absolute Gasteiger partial charge is 0.234 e. The number of aromatic nitrogens is 4. The summed E-state index contributed by atoms with van der Waals surface area (Å²) in [6.45, 7) is 0. The molecule has 0 amide bonds. The molecule has 2 heterocycles. The summed E-state index contributed by atoms with van der Waals surface area (Å²) in [4.78, 5) is 7.67. The Labute approximate surface area is 105 Å². The smallest absolute Gasteiger partial charge is 0.227 e. The molecule has 0 unspecified atom stereocenters. The van der Waals surface area contributed by atoms with Gasteiger partial charge in [0.2, 0.25) is 5.82 Å². The van der Waals surface area contributed by atoms with E-state index in [1.54, 1.807) is 6.07 Å². The molecule has 0 radical (unpaired) electrons. The lowest BCUT2D eigenvalue weighted by molar-refractivity contribution is 0.562. The van der Waals surface area contributed by atoms with Crippen LogP contribution in [0.25, 0.3) is 16.7 Å². The van der Waals surface area contributed by atoms with Crippen molar-refractivity contribution in [3.63, 3.8) is 0 Å². The summed E-state index contributed by atoms with van der Waals surface area (Å²) in [5, 5.41) is 13.1. The Morgan fingerprint density at radius 3 is 2.58 bits per heavy atom. The monoisotopic (exact) mass is 257 g/mol. The first-order valence-electron chi connectivity index (χ1n) is 5.26. The zero-order valence-electron chi connectivity index (χ0n) is 9.38. The van der Waals surface area contributed by atoms with Gasteiger partial charge in [-0.3, -0.25) is 0 Å². The van der Waals surface area contributed by atoms with Crippen molar-refractivity contribution in [3.8, 4) is 11.8 Å². The molecule has 0 atom stereocenters. The van der Waals surface area contributed by atoms with Crippen molar-refractivity contribution in [2.24, 2.45) is 0 Å². The second kappa shape index (κ2) is 4.10. The van der Waals surface area contributed by atoms with Gasteiger partial charge in [0, 0.05) is 6.20 Å². The van der Waals surface area contributed by atoms with Crippen molar-refractivity contribution in [2.75, 3.05) is 0 Å². The van der Waals surface area contributed by atoms with Crippen molar-refractivity contribution in [1.29, 1.82) is 5.26 Å². The Morgan fingerprint density at radius 1 is 1.16 bits per heavy atom. The highest BCUT2D eigenvalue weighted by Gasteiger charge is 2.15. The molecule has 3 aromatic rings. The first kappa shape index (κ1) is 11.2. The maximum absolute atomic E-state index is 13.7. The molecular weight excluding hydrogens is 252 g/mol. The Bertz CT molecular complexity index is 798. The third-order valence-electron chi connectivity index (χ3n) is 2.56. The highest BCUT2D eigenvalue weighted by molar-refractivity contribution is 5.75. The molecule has 0 bridgehead atoms. The van der Waals surface area contributed by atoms with Crippen molar-refractivity contribution in [3.05, 3.63) is 48.1 Å². The first-order valence-corrected chi connectivity index (χ1v) is 5.26. The number of rotatable bonds is 1. The fourth-order valence-corrected chi connectivity index (χ4v) is 1.73. The molecule has 5 nitrogen and oxygen atoms in total. The van der Waals surface area contributed by atoms with Crippen LogP contribution in [0.4, 0.5) is 8.78 Å². The van der Waals surface area contributed by atoms with Crippen LogP contribution >= 0.6 is 0 Å². The van der Waals surface area contributed by atoms with Crippen LogP contribution in [0, 0.1) is 23.0 Å². The van der Waals surface area contributed by atoms with Crippen LogP contribution in [0.5, 0.6) is 0 Å². The summed E-state index contributed by atoms with van der Waals surface area (Å²) in [6, 6.07) is 5.27. The molecule has 7 heteroatoms.